The molecule has 2 heterocycles. The fourth-order valence-corrected chi connectivity index (χ4v) is 4.06. The third-order valence-corrected chi connectivity index (χ3v) is 5.81. The van der Waals surface area contributed by atoms with Gasteiger partial charge in [-0.1, -0.05) is 29.8 Å². The van der Waals surface area contributed by atoms with Crippen LogP contribution in [0.3, 0.4) is 0 Å². The number of anilines is 1. The predicted molar refractivity (Wildman–Crippen MR) is 129 cm³/mol. The molecule has 0 fully saturated rings. The third-order valence-electron chi connectivity index (χ3n) is 4.58. The molecule has 7 nitrogen and oxygen atoms in total. The normalized spacial score (nSPS) is 14.6. The maximum absolute atomic E-state index is 12.4. The van der Waals surface area contributed by atoms with Crippen LogP contribution < -0.4 is 10.6 Å². The fraction of sp³-hybridized carbons (Fsp3) is 0.130. The summed E-state index contributed by atoms with van der Waals surface area (Å²) in [6.45, 7) is 0.325. The number of rotatable bonds is 6. The van der Waals surface area contributed by atoms with Gasteiger partial charge in [0.2, 0.25) is 5.91 Å². The Kier molecular flexibility index (Phi) is 6.84. The lowest BCUT2D eigenvalue weighted by Gasteiger charge is -2.10. The molecule has 1 aliphatic rings. The van der Waals surface area contributed by atoms with Crippen molar-refractivity contribution in [1.29, 1.82) is 0 Å². The Balaban J connectivity index is 1.45. The number of fused-ring (bicyclic) bond motifs is 1. The Morgan fingerprint density at radius 2 is 2.09 bits per heavy atom. The number of amides is 2. The SMILES string of the molecule is COCC(=O)NCc1ccc(Cl)c(NC2=NC(=O)C(=Cc3ccc4ncccc4c3)S2)c1. The van der Waals surface area contributed by atoms with Gasteiger partial charge in [-0.2, -0.15) is 4.99 Å². The highest BCUT2D eigenvalue weighted by Crippen LogP contribution is 2.32. The van der Waals surface area contributed by atoms with E-state index in [1.165, 1.54) is 18.9 Å². The Morgan fingerprint density at radius 3 is 2.94 bits per heavy atom. The number of aliphatic imine (C=N–C) groups is 1. The average Bonchev–Trinajstić information content (AvgIpc) is 3.13. The van der Waals surface area contributed by atoms with E-state index in [4.69, 9.17) is 16.3 Å². The van der Waals surface area contributed by atoms with E-state index in [0.717, 1.165) is 22.0 Å². The van der Waals surface area contributed by atoms with Gasteiger partial charge in [0.25, 0.3) is 5.91 Å². The minimum absolute atomic E-state index is 0.00289. The Morgan fingerprint density at radius 1 is 1.22 bits per heavy atom. The topological polar surface area (TPSA) is 92.7 Å². The summed E-state index contributed by atoms with van der Waals surface area (Å²) in [6.07, 6.45) is 3.55. The molecule has 1 aliphatic heterocycles. The first kappa shape index (κ1) is 22.0. The van der Waals surface area contributed by atoms with Gasteiger partial charge >= 0.3 is 0 Å². The molecule has 0 bridgehead atoms. The maximum atomic E-state index is 12.4. The molecule has 2 N–H and O–H groups in total. The van der Waals surface area contributed by atoms with E-state index in [1.807, 2.05) is 36.4 Å². The molecular weight excluding hydrogens is 448 g/mol. The van der Waals surface area contributed by atoms with Crippen molar-refractivity contribution in [2.75, 3.05) is 19.0 Å². The van der Waals surface area contributed by atoms with E-state index in [9.17, 15) is 9.59 Å². The average molecular weight is 467 g/mol. The number of carbonyl (C=O) groups excluding carboxylic acids is 2. The van der Waals surface area contributed by atoms with Gasteiger partial charge in [-0.3, -0.25) is 14.6 Å². The van der Waals surface area contributed by atoms with Gasteiger partial charge in [0.05, 0.1) is 21.1 Å². The van der Waals surface area contributed by atoms with E-state index in [-0.39, 0.29) is 18.4 Å². The van der Waals surface area contributed by atoms with Crippen LogP contribution in [0.2, 0.25) is 5.02 Å². The zero-order valence-corrected chi connectivity index (χ0v) is 18.7. The number of hydrogen-bond acceptors (Lipinski definition) is 6. The van der Waals surface area contributed by atoms with Crippen molar-refractivity contribution >= 4 is 63.0 Å². The number of hydrogen-bond donors (Lipinski definition) is 2. The first-order valence-electron chi connectivity index (χ1n) is 9.70. The molecule has 0 unspecified atom stereocenters. The van der Waals surface area contributed by atoms with E-state index < -0.39 is 0 Å². The van der Waals surface area contributed by atoms with E-state index in [1.54, 1.807) is 24.4 Å². The molecule has 0 atom stereocenters. The summed E-state index contributed by atoms with van der Waals surface area (Å²) in [6, 6.07) is 15.0. The lowest BCUT2D eigenvalue weighted by atomic mass is 10.1. The van der Waals surface area contributed by atoms with Crippen molar-refractivity contribution in [3.8, 4) is 0 Å². The molecule has 9 heteroatoms. The van der Waals surface area contributed by atoms with Crippen molar-refractivity contribution in [3.05, 3.63) is 75.8 Å². The summed E-state index contributed by atoms with van der Waals surface area (Å²) in [5.74, 6) is -0.527. The van der Waals surface area contributed by atoms with Crippen molar-refractivity contribution in [2.45, 2.75) is 6.54 Å². The second-order valence-electron chi connectivity index (χ2n) is 6.94. The van der Waals surface area contributed by atoms with Crippen LogP contribution in [-0.2, 0) is 20.9 Å². The molecule has 162 valence electrons. The van der Waals surface area contributed by atoms with Gasteiger partial charge in [-0.05, 0) is 59.3 Å². The van der Waals surface area contributed by atoms with Gasteiger partial charge in [0, 0.05) is 25.2 Å². The smallest absolute Gasteiger partial charge is 0.286 e. The summed E-state index contributed by atoms with van der Waals surface area (Å²) >= 11 is 7.55. The van der Waals surface area contributed by atoms with Crippen LogP contribution in [-0.4, -0.2) is 35.7 Å². The first-order valence-corrected chi connectivity index (χ1v) is 10.9. The van der Waals surface area contributed by atoms with Crippen LogP contribution in [0.15, 0.2) is 64.6 Å². The number of aromatic nitrogens is 1. The lowest BCUT2D eigenvalue weighted by molar-refractivity contribution is -0.124. The number of methoxy groups -OCH3 is 1. The van der Waals surface area contributed by atoms with Gasteiger partial charge in [-0.15, -0.1) is 0 Å². The summed E-state index contributed by atoms with van der Waals surface area (Å²) < 4.78 is 4.80. The highest BCUT2D eigenvalue weighted by Gasteiger charge is 2.22. The second-order valence-corrected chi connectivity index (χ2v) is 8.38. The first-order chi connectivity index (χ1) is 15.5. The largest absolute Gasteiger partial charge is 0.375 e. The maximum Gasteiger partial charge on any atom is 0.286 e. The number of thioether (sulfide) groups is 1. The van der Waals surface area contributed by atoms with Crippen molar-refractivity contribution < 1.29 is 14.3 Å². The van der Waals surface area contributed by atoms with Crippen molar-refractivity contribution in [2.24, 2.45) is 4.99 Å². The van der Waals surface area contributed by atoms with Crippen LogP contribution in [0.4, 0.5) is 5.69 Å². The quantitative estimate of drug-likeness (QED) is 0.528. The zero-order valence-electron chi connectivity index (χ0n) is 17.1. The Bertz CT molecular complexity index is 1260. The highest BCUT2D eigenvalue weighted by atomic mass is 35.5. The molecule has 2 aromatic carbocycles. The fourth-order valence-electron chi connectivity index (χ4n) is 3.07. The molecule has 2 amide bonds. The predicted octanol–water partition coefficient (Wildman–Crippen LogP) is 4.23. The van der Waals surface area contributed by atoms with Gasteiger partial charge in [-0.25, -0.2) is 0 Å². The van der Waals surface area contributed by atoms with E-state index in [0.29, 0.717) is 27.3 Å². The lowest BCUT2D eigenvalue weighted by Crippen LogP contribution is -2.26. The molecule has 0 spiro atoms. The number of pyridine rings is 1. The molecule has 0 radical (unpaired) electrons. The van der Waals surface area contributed by atoms with Crippen LogP contribution in [0.1, 0.15) is 11.1 Å². The minimum atomic E-state index is -0.317. The molecule has 4 rings (SSSR count). The van der Waals surface area contributed by atoms with Crippen LogP contribution in [0.5, 0.6) is 0 Å². The van der Waals surface area contributed by atoms with Crippen molar-refractivity contribution in [3.63, 3.8) is 0 Å². The standard InChI is InChI=1S/C23H19ClN4O3S/c1-31-13-21(29)26-12-15-4-6-17(24)19(10-15)27-23-28-22(30)20(32-23)11-14-5-7-18-16(9-14)3-2-8-25-18/h2-11H,12-13H2,1H3,(H,26,29)(H,27,28,30). The number of halogens is 1. The number of ether oxygens (including phenoxy) is 1. The number of amidine groups is 1. The molecule has 3 aromatic rings. The number of carbonyl (C=O) groups is 2. The highest BCUT2D eigenvalue weighted by molar-refractivity contribution is 8.18. The summed E-state index contributed by atoms with van der Waals surface area (Å²) in [5, 5.41) is 7.78. The molecule has 1 aromatic heterocycles. The van der Waals surface area contributed by atoms with Gasteiger partial charge < -0.3 is 15.4 Å². The van der Waals surface area contributed by atoms with Gasteiger partial charge in [0.1, 0.15) is 6.61 Å². The number of nitrogens with one attached hydrogen (secondary N) is 2. The Labute approximate surface area is 193 Å². The van der Waals surface area contributed by atoms with Gasteiger partial charge in [0.15, 0.2) is 5.17 Å². The van der Waals surface area contributed by atoms with E-state index >= 15 is 0 Å². The molecule has 0 saturated carbocycles. The monoisotopic (exact) mass is 466 g/mol. The molecule has 0 aliphatic carbocycles. The third kappa shape index (κ3) is 5.34. The zero-order chi connectivity index (χ0) is 22.5. The van der Waals surface area contributed by atoms with Crippen LogP contribution >= 0.6 is 23.4 Å². The Hall–Kier alpha value is -3.20. The summed E-state index contributed by atoms with van der Waals surface area (Å²) in [4.78, 5) is 32.9. The second kappa shape index (κ2) is 9.95. The number of benzene rings is 2. The van der Waals surface area contributed by atoms with Crippen LogP contribution in [0.25, 0.3) is 17.0 Å². The molecule has 32 heavy (non-hydrogen) atoms. The summed E-state index contributed by atoms with van der Waals surface area (Å²) in [5.41, 5.74) is 3.23. The molecular formula is C23H19ClN4O3S. The number of nitrogens with zero attached hydrogens (tertiary/aromatic N) is 2. The minimum Gasteiger partial charge on any atom is -0.375 e. The van der Waals surface area contributed by atoms with Crippen molar-refractivity contribution in [1.82, 2.24) is 10.3 Å². The van der Waals surface area contributed by atoms with Crippen LogP contribution in [0, 0.1) is 0 Å². The summed E-state index contributed by atoms with van der Waals surface area (Å²) in [7, 11) is 1.46. The molecule has 0 saturated heterocycles. The van der Waals surface area contributed by atoms with E-state index in [2.05, 4.69) is 20.6 Å².